The molecule has 0 bridgehead atoms. The van der Waals surface area contributed by atoms with Crippen LogP contribution in [0.3, 0.4) is 0 Å². The lowest BCUT2D eigenvalue weighted by atomic mass is 9.89. The number of nitrogens with one attached hydrogen (secondary N) is 2. The molecule has 0 unspecified atom stereocenters. The minimum Gasteiger partial charge on any atom is -0.308 e. The number of rotatable bonds is 6. The lowest BCUT2D eigenvalue weighted by Crippen LogP contribution is -2.19. The summed E-state index contributed by atoms with van der Waals surface area (Å²) in [4.78, 5) is 3.96. The third-order valence-corrected chi connectivity index (χ3v) is 3.95. The molecule has 24 heavy (non-hydrogen) atoms. The van der Waals surface area contributed by atoms with Gasteiger partial charge in [0.15, 0.2) is 0 Å². The highest BCUT2D eigenvalue weighted by atomic mass is 15.3. The third kappa shape index (κ3) is 4.08. The largest absolute Gasteiger partial charge is 0.308 e. The van der Waals surface area contributed by atoms with Gasteiger partial charge in [0.05, 0.1) is 12.7 Å². The Hall–Kier alpha value is -2.47. The molecule has 0 aliphatic heterocycles. The Morgan fingerprint density at radius 1 is 1.08 bits per heavy atom. The molecule has 0 atom stereocenters. The Bertz CT molecular complexity index is 750. The van der Waals surface area contributed by atoms with Gasteiger partial charge in [-0.1, -0.05) is 45.0 Å². The Balaban J connectivity index is 1.53. The summed E-state index contributed by atoms with van der Waals surface area (Å²) < 4.78 is 1.82. The summed E-state index contributed by atoms with van der Waals surface area (Å²) in [6, 6.07) is 8.58. The predicted octanol–water partition coefficient (Wildman–Crippen LogP) is 2.64. The van der Waals surface area contributed by atoms with Crippen LogP contribution in [0, 0.1) is 0 Å². The van der Waals surface area contributed by atoms with Crippen molar-refractivity contribution in [1.29, 1.82) is 0 Å². The quantitative estimate of drug-likeness (QED) is 0.731. The molecule has 6 nitrogen and oxygen atoms in total. The second-order valence-electron chi connectivity index (χ2n) is 7.03. The van der Waals surface area contributed by atoms with E-state index in [2.05, 4.69) is 70.6 Å². The summed E-state index contributed by atoms with van der Waals surface area (Å²) in [6.45, 7) is 8.97. The molecular formula is C18H24N6. The monoisotopic (exact) mass is 324 g/mol. The highest BCUT2D eigenvalue weighted by Crippen LogP contribution is 2.23. The van der Waals surface area contributed by atoms with Gasteiger partial charge < -0.3 is 5.32 Å². The van der Waals surface area contributed by atoms with Crippen molar-refractivity contribution >= 4 is 0 Å². The Labute approximate surface area is 142 Å². The van der Waals surface area contributed by atoms with Crippen LogP contribution in [-0.2, 0) is 25.0 Å². The number of nitrogens with zero attached hydrogens (tertiary/aromatic N) is 4. The zero-order chi connectivity index (χ0) is 17.0. The molecule has 0 fully saturated rings. The van der Waals surface area contributed by atoms with Crippen molar-refractivity contribution in [3.63, 3.8) is 0 Å². The average Bonchev–Trinajstić information content (AvgIpc) is 3.20. The van der Waals surface area contributed by atoms with Gasteiger partial charge in [-0.15, -0.1) is 0 Å². The highest BCUT2D eigenvalue weighted by molar-refractivity contribution is 5.24. The van der Waals surface area contributed by atoms with Gasteiger partial charge in [0.2, 0.25) is 0 Å². The Kier molecular flexibility index (Phi) is 4.76. The lowest BCUT2D eigenvalue weighted by Gasteiger charge is -2.18. The molecule has 0 spiro atoms. The molecule has 0 aliphatic carbocycles. The first-order valence-electron chi connectivity index (χ1n) is 8.16. The summed E-state index contributed by atoms with van der Waals surface area (Å²) in [5.74, 6) is 0. The van der Waals surface area contributed by atoms with Crippen molar-refractivity contribution < 1.29 is 0 Å². The van der Waals surface area contributed by atoms with Crippen molar-refractivity contribution in [3.05, 3.63) is 65.5 Å². The van der Waals surface area contributed by atoms with Crippen molar-refractivity contribution in [2.45, 2.75) is 45.8 Å². The van der Waals surface area contributed by atoms with E-state index < -0.39 is 0 Å². The summed E-state index contributed by atoms with van der Waals surface area (Å²) in [5, 5.41) is 14.9. The van der Waals surface area contributed by atoms with Crippen LogP contribution in [0.1, 0.15) is 43.2 Å². The molecule has 2 aromatic heterocycles. The molecule has 2 heterocycles. The van der Waals surface area contributed by atoms with Crippen LogP contribution in [0.5, 0.6) is 0 Å². The standard InChI is InChI=1S/C18H24N6/c1-18(2,3)17-16(10-21-23-17)9-19-8-14-4-6-15(7-5-14)11-24-13-20-12-22-24/h4-7,10,12-13,19H,8-9,11H2,1-3H3,(H,21,23). The van der Waals surface area contributed by atoms with Crippen molar-refractivity contribution in [2.75, 3.05) is 0 Å². The van der Waals surface area contributed by atoms with E-state index in [1.165, 1.54) is 22.4 Å². The van der Waals surface area contributed by atoms with Gasteiger partial charge in [-0.2, -0.15) is 10.2 Å². The van der Waals surface area contributed by atoms with Gasteiger partial charge in [0.25, 0.3) is 0 Å². The normalized spacial score (nSPS) is 11.8. The van der Waals surface area contributed by atoms with Crippen LogP contribution in [0.25, 0.3) is 0 Å². The van der Waals surface area contributed by atoms with Crippen LogP contribution in [0.4, 0.5) is 0 Å². The molecule has 0 aliphatic rings. The van der Waals surface area contributed by atoms with E-state index in [0.29, 0.717) is 0 Å². The summed E-state index contributed by atoms with van der Waals surface area (Å²) in [6.07, 6.45) is 5.20. The Morgan fingerprint density at radius 2 is 1.83 bits per heavy atom. The smallest absolute Gasteiger partial charge is 0.137 e. The number of aromatic amines is 1. The number of hydrogen-bond acceptors (Lipinski definition) is 4. The zero-order valence-corrected chi connectivity index (χ0v) is 14.5. The Morgan fingerprint density at radius 3 is 2.50 bits per heavy atom. The fourth-order valence-corrected chi connectivity index (χ4v) is 2.70. The summed E-state index contributed by atoms with van der Waals surface area (Å²) in [5.41, 5.74) is 4.98. The first kappa shape index (κ1) is 16.4. The molecule has 1 aromatic carbocycles. The van der Waals surface area contributed by atoms with Gasteiger partial charge in [0, 0.05) is 29.8 Å². The van der Waals surface area contributed by atoms with Crippen LogP contribution in [0.2, 0.25) is 0 Å². The maximum atomic E-state index is 4.18. The van der Waals surface area contributed by atoms with Crippen molar-refractivity contribution in [2.24, 2.45) is 0 Å². The highest BCUT2D eigenvalue weighted by Gasteiger charge is 2.19. The molecule has 0 amide bonds. The molecule has 3 rings (SSSR count). The summed E-state index contributed by atoms with van der Waals surface area (Å²) >= 11 is 0. The van der Waals surface area contributed by atoms with Crippen LogP contribution >= 0.6 is 0 Å². The first-order chi connectivity index (χ1) is 11.5. The van der Waals surface area contributed by atoms with Gasteiger partial charge in [-0.25, -0.2) is 9.67 Å². The van der Waals surface area contributed by atoms with E-state index in [0.717, 1.165) is 19.6 Å². The third-order valence-electron chi connectivity index (χ3n) is 3.95. The molecule has 6 heteroatoms. The van der Waals surface area contributed by atoms with E-state index >= 15 is 0 Å². The van der Waals surface area contributed by atoms with Gasteiger partial charge in [-0.05, 0) is 11.1 Å². The van der Waals surface area contributed by atoms with Crippen molar-refractivity contribution in [3.8, 4) is 0 Å². The van der Waals surface area contributed by atoms with Crippen LogP contribution in [0.15, 0.2) is 43.1 Å². The molecule has 126 valence electrons. The maximum absolute atomic E-state index is 4.18. The average molecular weight is 324 g/mol. The number of H-pyrrole nitrogens is 1. The van der Waals surface area contributed by atoms with Gasteiger partial charge in [-0.3, -0.25) is 5.10 Å². The molecule has 0 saturated heterocycles. The fraction of sp³-hybridized carbons (Fsp3) is 0.389. The fourth-order valence-electron chi connectivity index (χ4n) is 2.70. The second kappa shape index (κ2) is 6.97. The van der Waals surface area contributed by atoms with Crippen LogP contribution < -0.4 is 5.32 Å². The van der Waals surface area contributed by atoms with Crippen LogP contribution in [-0.4, -0.2) is 25.0 Å². The van der Waals surface area contributed by atoms with E-state index in [1.54, 1.807) is 12.7 Å². The molecule has 0 radical (unpaired) electrons. The molecule has 3 aromatic rings. The van der Waals surface area contributed by atoms with E-state index in [1.807, 2.05) is 10.9 Å². The molecular weight excluding hydrogens is 300 g/mol. The van der Waals surface area contributed by atoms with Crippen molar-refractivity contribution in [1.82, 2.24) is 30.3 Å². The topological polar surface area (TPSA) is 71.4 Å². The zero-order valence-electron chi connectivity index (χ0n) is 14.5. The minimum absolute atomic E-state index is 0.0799. The second-order valence-corrected chi connectivity index (χ2v) is 7.03. The van der Waals surface area contributed by atoms with Gasteiger partial charge in [0.1, 0.15) is 12.7 Å². The minimum atomic E-state index is 0.0799. The van der Waals surface area contributed by atoms with E-state index in [4.69, 9.17) is 0 Å². The molecule has 2 N–H and O–H groups in total. The number of hydrogen-bond donors (Lipinski definition) is 2. The maximum Gasteiger partial charge on any atom is 0.137 e. The molecule has 0 saturated carbocycles. The van der Waals surface area contributed by atoms with Gasteiger partial charge >= 0.3 is 0 Å². The van der Waals surface area contributed by atoms with E-state index in [-0.39, 0.29) is 5.41 Å². The summed E-state index contributed by atoms with van der Waals surface area (Å²) in [7, 11) is 0. The lowest BCUT2D eigenvalue weighted by molar-refractivity contribution is 0.553. The number of aromatic nitrogens is 5. The SMILES string of the molecule is CC(C)(C)c1[nH]ncc1CNCc1ccc(Cn2cncn2)cc1. The number of benzene rings is 1. The predicted molar refractivity (Wildman–Crippen MR) is 93.4 cm³/mol. The van der Waals surface area contributed by atoms with E-state index in [9.17, 15) is 0 Å². The first-order valence-corrected chi connectivity index (χ1v) is 8.16.